The maximum atomic E-state index is 12.4. The zero-order chi connectivity index (χ0) is 13.9. The summed E-state index contributed by atoms with van der Waals surface area (Å²) in [6, 6.07) is 3.51. The van der Waals surface area contributed by atoms with Gasteiger partial charge < -0.3 is 5.32 Å². The van der Waals surface area contributed by atoms with Gasteiger partial charge in [-0.2, -0.15) is 13.2 Å². The van der Waals surface area contributed by atoms with Crippen molar-refractivity contribution in [3.63, 3.8) is 0 Å². The van der Waals surface area contributed by atoms with E-state index < -0.39 is 11.2 Å². The average molecular weight is 288 g/mol. The first-order chi connectivity index (χ1) is 9.00. The van der Waals surface area contributed by atoms with Gasteiger partial charge in [0.15, 0.2) is 0 Å². The molecule has 102 valence electrons. The van der Waals surface area contributed by atoms with Crippen LogP contribution in [0.15, 0.2) is 24.5 Å². The third kappa shape index (κ3) is 3.40. The molecule has 0 radical (unpaired) electrons. The van der Waals surface area contributed by atoms with E-state index in [2.05, 4.69) is 20.5 Å². The van der Waals surface area contributed by atoms with Gasteiger partial charge in [-0.15, -0.1) is 10.2 Å². The predicted molar refractivity (Wildman–Crippen MR) is 65.8 cm³/mol. The largest absolute Gasteiger partial charge is 0.445 e. The fourth-order valence-electron chi connectivity index (χ4n) is 1.56. The Bertz CT molecular complexity index is 526. The monoisotopic (exact) mass is 288 g/mol. The Labute approximate surface area is 111 Å². The minimum atomic E-state index is -4.45. The van der Waals surface area contributed by atoms with Crippen molar-refractivity contribution in [2.75, 3.05) is 5.32 Å². The maximum absolute atomic E-state index is 12.4. The molecule has 2 aromatic heterocycles. The molecule has 2 rings (SSSR count). The zero-order valence-electron chi connectivity index (χ0n) is 9.98. The summed E-state index contributed by atoms with van der Waals surface area (Å²) in [5.41, 5.74) is 0.946. The van der Waals surface area contributed by atoms with Gasteiger partial charge in [-0.25, -0.2) is 0 Å². The lowest BCUT2D eigenvalue weighted by Gasteiger charge is -2.15. The number of hydrogen-bond donors (Lipinski definition) is 1. The number of aromatic nitrogens is 3. The Morgan fingerprint density at radius 1 is 1.26 bits per heavy atom. The lowest BCUT2D eigenvalue weighted by Crippen LogP contribution is -2.09. The Morgan fingerprint density at radius 2 is 1.95 bits per heavy atom. The van der Waals surface area contributed by atoms with E-state index in [1.807, 2.05) is 19.1 Å². The van der Waals surface area contributed by atoms with Crippen molar-refractivity contribution in [2.45, 2.75) is 25.6 Å². The minimum absolute atomic E-state index is 0.114. The second-order valence-electron chi connectivity index (χ2n) is 3.80. The summed E-state index contributed by atoms with van der Waals surface area (Å²) in [6.45, 7) is 1.93. The minimum Gasteiger partial charge on any atom is -0.353 e. The summed E-state index contributed by atoms with van der Waals surface area (Å²) in [4.78, 5) is 3.90. The average Bonchev–Trinajstić information content (AvgIpc) is 2.85. The SMILES string of the molecule is CCC(Nc1nnc(C(F)(F)F)s1)c1ccncc1. The lowest BCUT2D eigenvalue weighted by atomic mass is 10.1. The smallest absolute Gasteiger partial charge is 0.353 e. The second kappa shape index (κ2) is 5.52. The van der Waals surface area contributed by atoms with E-state index in [1.54, 1.807) is 12.4 Å². The molecule has 0 amide bonds. The third-order valence-corrected chi connectivity index (χ3v) is 3.38. The summed E-state index contributed by atoms with van der Waals surface area (Å²) < 4.78 is 37.2. The highest BCUT2D eigenvalue weighted by Crippen LogP contribution is 2.34. The molecule has 0 fully saturated rings. The molecule has 0 saturated carbocycles. The molecule has 2 heterocycles. The number of alkyl halides is 3. The van der Waals surface area contributed by atoms with E-state index in [0.29, 0.717) is 17.8 Å². The van der Waals surface area contributed by atoms with E-state index in [0.717, 1.165) is 5.56 Å². The summed E-state index contributed by atoms with van der Waals surface area (Å²) >= 11 is 0.504. The number of rotatable bonds is 4. The molecule has 8 heteroatoms. The van der Waals surface area contributed by atoms with E-state index in [1.165, 1.54) is 0 Å². The van der Waals surface area contributed by atoms with Crippen molar-refractivity contribution in [1.29, 1.82) is 0 Å². The van der Waals surface area contributed by atoms with E-state index in [-0.39, 0.29) is 11.2 Å². The van der Waals surface area contributed by atoms with Crippen LogP contribution in [0.2, 0.25) is 0 Å². The van der Waals surface area contributed by atoms with E-state index in [4.69, 9.17) is 0 Å². The standard InChI is InChI=1S/C11H11F3N4S/c1-2-8(7-3-5-15-6-4-7)16-10-18-17-9(19-10)11(12,13)14/h3-6,8H,2H2,1H3,(H,16,18). The second-order valence-corrected chi connectivity index (χ2v) is 4.77. The molecule has 0 spiro atoms. The number of nitrogens with one attached hydrogen (secondary N) is 1. The maximum Gasteiger partial charge on any atom is 0.445 e. The quantitative estimate of drug-likeness (QED) is 0.935. The molecular formula is C11H11F3N4S. The molecule has 0 aliphatic rings. The van der Waals surface area contributed by atoms with Crippen LogP contribution in [0.4, 0.5) is 18.3 Å². The topological polar surface area (TPSA) is 50.7 Å². The number of hydrogen-bond acceptors (Lipinski definition) is 5. The van der Waals surface area contributed by atoms with Crippen LogP contribution in [0.5, 0.6) is 0 Å². The summed E-state index contributed by atoms with van der Waals surface area (Å²) in [5.74, 6) is 0. The molecule has 0 saturated heterocycles. The Hall–Kier alpha value is -1.70. The zero-order valence-corrected chi connectivity index (χ0v) is 10.8. The summed E-state index contributed by atoms with van der Waals surface area (Å²) in [5, 5.41) is 8.83. The van der Waals surface area contributed by atoms with Gasteiger partial charge in [-0.05, 0) is 24.1 Å². The van der Waals surface area contributed by atoms with Crippen molar-refractivity contribution in [1.82, 2.24) is 15.2 Å². The van der Waals surface area contributed by atoms with Crippen LogP contribution >= 0.6 is 11.3 Å². The molecule has 0 aromatic carbocycles. The highest BCUT2D eigenvalue weighted by molar-refractivity contribution is 7.15. The molecule has 19 heavy (non-hydrogen) atoms. The highest BCUT2D eigenvalue weighted by Gasteiger charge is 2.35. The lowest BCUT2D eigenvalue weighted by molar-refractivity contribution is -0.138. The van der Waals surface area contributed by atoms with E-state index in [9.17, 15) is 13.2 Å². The van der Waals surface area contributed by atoms with Gasteiger partial charge in [-0.3, -0.25) is 4.98 Å². The predicted octanol–water partition coefficient (Wildman–Crippen LogP) is 3.52. The molecule has 1 N–H and O–H groups in total. The van der Waals surface area contributed by atoms with Crippen LogP contribution in [0.3, 0.4) is 0 Å². The molecule has 4 nitrogen and oxygen atoms in total. The van der Waals surface area contributed by atoms with Crippen LogP contribution in [0.1, 0.15) is 30.0 Å². The first-order valence-electron chi connectivity index (χ1n) is 5.58. The van der Waals surface area contributed by atoms with Crippen molar-refractivity contribution in [3.05, 3.63) is 35.1 Å². The Balaban J connectivity index is 2.13. The number of anilines is 1. The molecule has 0 aliphatic heterocycles. The normalized spacial score (nSPS) is 13.3. The van der Waals surface area contributed by atoms with Crippen LogP contribution in [-0.4, -0.2) is 15.2 Å². The molecule has 1 atom stereocenters. The fourth-order valence-corrected chi connectivity index (χ4v) is 2.23. The van der Waals surface area contributed by atoms with Crippen LogP contribution in [0.25, 0.3) is 0 Å². The number of nitrogens with zero attached hydrogens (tertiary/aromatic N) is 3. The first-order valence-corrected chi connectivity index (χ1v) is 6.39. The molecule has 2 aromatic rings. The van der Waals surface area contributed by atoms with Crippen LogP contribution in [0, 0.1) is 0 Å². The van der Waals surface area contributed by atoms with Gasteiger partial charge in [0.1, 0.15) is 0 Å². The summed E-state index contributed by atoms with van der Waals surface area (Å²) in [6.07, 6.45) is -0.456. The molecule has 0 aliphatic carbocycles. The third-order valence-electron chi connectivity index (χ3n) is 2.48. The summed E-state index contributed by atoms with van der Waals surface area (Å²) in [7, 11) is 0. The molecule has 1 unspecified atom stereocenters. The van der Waals surface area contributed by atoms with Gasteiger partial charge >= 0.3 is 6.18 Å². The van der Waals surface area contributed by atoms with Gasteiger partial charge in [-0.1, -0.05) is 18.3 Å². The number of pyridine rings is 1. The van der Waals surface area contributed by atoms with Crippen molar-refractivity contribution in [2.24, 2.45) is 0 Å². The fraction of sp³-hybridized carbons (Fsp3) is 0.364. The van der Waals surface area contributed by atoms with Gasteiger partial charge in [0, 0.05) is 12.4 Å². The highest BCUT2D eigenvalue weighted by atomic mass is 32.1. The van der Waals surface area contributed by atoms with Crippen molar-refractivity contribution >= 4 is 16.5 Å². The van der Waals surface area contributed by atoms with Crippen LogP contribution in [-0.2, 0) is 6.18 Å². The Morgan fingerprint density at radius 3 is 2.47 bits per heavy atom. The molecule has 0 bridgehead atoms. The van der Waals surface area contributed by atoms with Crippen molar-refractivity contribution in [3.8, 4) is 0 Å². The Kier molecular flexibility index (Phi) is 3.98. The number of halogens is 3. The van der Waals surface area contributed by atoms with Gasteiger partial charge in [0.25, 0.3) is 0 Å². The van der Waals surface area contributed by atoms with Crippen LogP contribution < -0.4 is 5.32 Å². The van der Waals surface area contributed by atoms with Crippen molar-refractivity contribution < 1.29 is 13.2 Å². The van der Waals surface area contributed by atoms with E-state index >= 15 is 0 Å². The van der Waals surface area contributed by atoms with Gasteiger partial charge in [0.05, 0.1) is 6.04 Å². The molecular weight excluding hydrogens is 277 g/mol. The van der Waals surface area contributed by atoms with Gasteiger partial charge in [0.2, 0.25) is 10.1 Å². The first kappa shape index (κ1) is 13.7.